The van der Waals surface area contributed by atoms with Crippen LogP contribution < -0.4 is 10.7 Å². The Morgan fingerprint density at radius 3 is 2.38 bits per heavy atom. The quantitative estimate of drug-likeness (QED) is 0.660. The molecule has 0 bridgehead atoms. The highest BCUT2D eigenvalue weighted by Crippen LogP contribution is 2.42. The number of nitriles is 2. The number of hydrogen-bond acceptors (Lipinski definition) is 5. The van der Waals surface area contributed by atoms with Gasteiger partial charge in [-0.25, -0.2) is 4.98 Å². The maximum Gasteiger partial charge on any atom is 0.289 e. The molecule has 0 saturated carbocycles. The number of nitrogen functional groups attached to an aromatic ring is 1. The summed E-state index contributed by atoms with van der Waals surface area (Å²) in [6.07, 6.45) is 1.85. The summed E-state index contributed by atoms with van der Waals surface area (Å²) in [5.41, 5.74) is 11.1. The van der Waals surface area contributed by atoms with Crippen LogP contribution in [0.3, 0.4) is 0 Å². The zero-order chi connectivity index (χ0) is 19.0. The van der Waals surface area contributed by atoms with Gasteiger partial charge in [0.2, 0.25) is 0 Å². The van der Waals surface area contributed by atoms with E-state index in [-0.39, 0.29) is 11.5 Å². The maximum atomic E-state index is 10.8. The first-order valence-corrected chi connectivity index (χ1v) is 7.72. The number of aromatic amines is 1. The molecule has 0 fully saturated rings. The van der Waals surface area contributed by atoms with Gasteiger partial charge in [-0.15, -0.1) is 0 Å². The molecule has 0 atom stereocenters. The van der Waals surface area contributed by atoms with Crippen LogP contribution >= 0.6 is 0 Å². The van der Waals surface area contributed by atoms with Crippen molar-refractivity contribution in [3.05, 3.63) is 67.9 Å². The predicted molar refractivity (Wildman–Crippen MR) is 96.0 cm³/mol. The Hall–Kier alpha value is -3.97. The standard InChI is InChI=1S/C19H13N5O2/c1-10-14(7-12-3-5-13(6-4-12)24(25)26)17-11(2)16(9-21)19(22)23-18(17)15(10)8-20/h3-7H,1-2H3,(H2,22,23)/p+1. The van der Waals surface area contributed by atoms with Crippen molar-refractivity contribution in [2.24, 2.45) is 0 Å². The smallest absolute Gasteiger partial charge is 0.286 e. The van der Waals surface area contributed by atoms with E-state index in [2.05, 4.69) is 17.1 Å². The molecule has 3 N–H and O–H groups in total. The molecule has 2 aromatic rings. The van der Waals surface area contributed by atoms with Gasteiger partial charge in [-0.05, 0) is 54.3 Å². The minimum absolute atomic E-state index is 0.00741. The summed E-state index contributed by atoms with van der Waals surface area (Å²) in [4.78, 5) is 13.3. The lowest BCUT2D eigenvalue weighted by atomic mass is 9.95. The van der Waals surface area contributed by atoms with Crippen molar-refractivity contribution in [1.29, 1.82) is 10.5 Å². The Morgan fingerprint density at radius 1 is 1.19 bits per heavy atom. The normalized spacial score (nSPS) is 14.1. The van der Waals surface area contributed by atoms with Crippen molar-refractivity contribution < 1.29 is 9.91 Å². The lowest BCUT2D eigenvalue weighted by Gasteiger charge is -2.08. The summed E-state index contributed by atoms with van der Waals surface area (Å²) >= 11 is 0. The van der Waals surface area contributed by atoms with E-state index in [9.17, 15) is 20.6 Å². The first kappa shape index (κ1) is 16.9. The number of anilines is 1. The molecule has 0 unspecified atom stereocenters. The molecule has 1 aromatic carbocycles. The molecule has 7 heteroatoms. The molecule has 7 nitrogen and oxygen atoms in total. The van der Waals surface area contributed by atoms with Gasteiger partial charge in [0.25, 0.3) is 11.5 Å². The molecule has 0 saturated heterocycles. The predicted octanol–water partition coefficient (Wildman–Crippen LogP) is 3.02. The van der Waals surface area contributed by atoms with Gasteiger partial charge in [0.15, 0.2) is 5.69 Å². The van der Waals surface area contributed by atoms with Crippen LogP contribution in [0.2, 0.25) is 0 Å². The molecule has 0 aliphatic heterocycles. The van der Waals surface area contributed by atoms with E-state index in [1.54, 1.807) is 19.1 Å². The highest BCUT2D eigenvalue weighted by Gasteiger charge is 2.32. The van der Waals surface area contributed by atoms with Crippen molar-refractivity contribution in [1.82, 2.24) is 0 Å². The van der Waals surface area contributed by atoms with Crippen LogP contribution in [0, 0.1) is 39.7 Å². The number of non-ortho nitro benzene ring substituents is 1. The average Bonchev–Trinajstić information content (AvgIpc) is 2.87. The number of hydrogen-bond donors (Lipinski definition) is 1. The fourth-order valence-corrected chi connectivity index (χ4v) is 3.13. The van der Waals surface area contributed by atoms with Crippen LogP contribution in [0.4, 0.5) is 11.5 Å². The highest BCUT2D eigenvalue weighted by atomic mass is 16.6. The van der Waals surface area contributed by atoms with Crippen LogP contribution in [-0.2, 0) is 0 Å². The Balaban J connectivity index is 2.24. The zero-order valence-corrected chi connectivity index (χ0v) is 14.1. The summed E-state index contributed by atoms with van der Waals surface area (Å²) in [6, 6.07) is 10.4. The molecule has 0 spiro atoms. The monoisotopic (exact) mass is 344 g/mol. The largest absolute Gasteiger partial charge is 0.289 e. The molecule has 1 aromatic heterocycles. The lowest BCUT2D eigenvalue weighted by molar-refractivity contribution is -0.384. The van der Waals surface area contributed by atoms with Crippen LogP contribution in [0.5, 0.6) is 0 Å². The Kier molecular flexibility index (Phi) is 3.99. The Morgan fingerprint density at radius 2 is 1.85 bits per heavy atom. The number of nitro groups is 1. The van der Waals surface area contributed by atoms with Gasteiger partial charge in [0.1, 0.15) is 23.3 Å². The lowest BCUT2D eigenvalue weighted by Crippen LogP contribution is -2.20. The van der Waals surface area contributed by atoms with E-state index in [4.69, 9.17) is 5.73 Å². The third-order valence-electron chi connectivity index (χ3n) is 4.47. The molecular weight excluding hydrogens is 330 g/mol. The number of nitrogens with zero attached hydrogens (tertiary/aromatic N) is 3. The fourth-order valence-electron chi connectivity index (χ4n) is 3.13. The average molecular weight is 344 g/mol. The van der Waals surface area contributed by atoms with Gasteiger partial charge in [0, 0.05) is 17.7 Å². The number of aromatic nitrogens is 1. The summed E-state index contributed by atoms with van der Waals surface area (Å²) in [5, 5.41) is 29.7. The van der Waals surface area contributed by atoms with Gasteiger partial charge in [0.05, 0.1) is 4.92 Å². The fraction of sp³-hybridized carbons (Fsp3) is 0.105. The number of benzene rings is 1. The van der Waals surface area contributed by atoms with Crippen LogP contribution in [0.25, 0.3) is 17.2 Å². The topological polar surface area (TPSA) is 131 Å². The number of nitro benzene ring substituents is 1. The van der Waals surface area contributed by atoms with Gasteiger partial charge in [-0.2, -0.15) is 10.5 Å². The zero-order valence-electron chi connectivity index (χ0n) is 14.1. The molecular formula is C19H14N5O2+. The third-order valence-corrected chi connectivity index (χ3v) is 4.47. The first-order chi connectivity index (χ1) is 12.4. The molecule has 1 aliphatic rings. The Labute approximate surface area is 149 Å². The van der Waals surface area contributed by atoms with E-state index in [1.807, 2.05) is 13.0 Å². The summed E-state index contributed by atoms with van der Waals surface area (Å²) in [7, 11) is 0. The molecule has 1 aliphatic carbocycles. The van der Waals surface area contributed by atoms with E-state index < -0.39 is 4.92 Å². The van der Waals surface area contributed by atoms with Crippen molar-refractivity contribution in [3.8, 4) is 12.1 Å². The van der Waals surface area contributed by atoms with E-state index in [1.165, 1.54) is 12.1 Å². The number of fused-ring (bicyclic) bond motifs is 1. The van der Waals surface area contributed by atoms with E-state index in [0.29, 0.717) is 22.4 Å². The van der Waals surface area contributed by atoms with E-state index in [0.717, 1.165) is 22.3 Å². The molecule has 0 amide bonds. The molecule has 26 heavy (non-hydrogen) atoms. The van der Waals surface area contributed by atoms with Gasteiger partial charge >= 0.3 is 0 Å². The number of nitrogens with two attached hydrogens (primary N) is 1. The van der Waals surface area contributed by atoms with Gasteiger partial charge in [-0.3, -0.25) is 15.8 Å². The van der Waals surface area contributed by atoms with Crippen molar-refractivity contribution in [3.63, 3.8) is 0 Å². The van der Waals surface area contributed by atoms with Crippen LogP contribution in [0.1, 0.15) is 34.9 Å². The summed E-state index contributed by atoms with van der Waals surface area (Å²) in [6.45, 7) is 3.62. The molecule has 1 heterocycles. The minimum Gasteiger partial charge on any atom is -0.286 e. The first-order valence-electron chi connectivity index (χ1n) is 7.72. The highest BCUT2D eigenvalue weighted by molar-refractivity contribution is 6.07. The summed E-state index contributed by atoms with van der Waals surface area (Å²) in [5.74, 6) is 0.223. The van der Waals surface area contributed by atoms with Crippen molar-refractivity contribution >= 4 is 28.7 Å². The van der Waals surface area contributed by atoms with Gasteiger partial charge < -0.3 is 0 Å². The molecule has 126 valence electrons. The second kappa shape index (κ2) is 6.15. The second-order valence-electron chi connectivity index (χ2n) is 5.92. The number of pyridine rings is 1. The molecule has 3 rings (SSSR count). The number of rotatable bonds is 2. The van der Waals surface area contributed by atoms with Crippen molar-refractivity contribution in [2.45, 2.75) is 13.8 Å². The maximum absolute atomic E-state index is 10.8. The number of nitrogens with one attached hydrogen (secondary N) is 1. The summed E-state index contributed by atoms with van der Waals surface area (Å²) < 4.78 is 0. The SMILES string of the molecule is CC1=C(C#N)c2[nH+]c(N)c(C#N)c(C)c2C1=Cc1ccc([N+](=O)[O-])cc1. The third kappa shape index (κ3) is 2.48. The van der Waals surface area contributed by atoms with Crippen LogP contribution in [-0.4, -0.2) is 4.92 Å². The number of allylic oxidation sites excluding steroid dienone is 3. The van der Waals surface area contributed by atoms with Gasteiger partial charge in [-0.1, -0.05) is 0 Å². The van der Waals surface area contributed by atoms with Crippen molar-refractivity contribution in [2.75, 3.05) is 5.73 Å². The number of H-pyrrole nitrogens is 1. The molecule has 0 radical (unpaired) electrons. The Bertz CT molecular complexity index is 1100. The van der Waals surface area contributed by atoms with E-state index >= 15 is 0 Å². The second-order valence-corrected chi connectivity index (χ2v) is 5.92. The van der Waals surface area contributed by atoms with Crippen LogP contribution in [0.15, 0.2) is 29.8 Å². The minimum atomic E-state index is -0.457.